The molecule has 5 heteroatoms. The first kappa shape index (κ1) is 15.7. The number of carbonyl (C=O) groups is 2. The van der Waals surface area contributed by atoms with Gasteiger partial charge in [0.1, 0.15) is 12.4 Å². The molecule has 2 aromatic rings. The number of amides is 1. The van der Waals surface area contributed by atoms with Crippen LogP contribution in [-0.4, -0.2) is 11.9 Å². The van der Waals surface area contributed by atoms with Gasteiger partial charge in [-0.25, -0.2) is 9.18 Å². The molecule has 0 saturated heterocycles. The van der Waals surface area contributed by atoms with Crippen molar-refractivity contribution in [2.75, 3.05) is 5.32 Å². The van der Waals surface area contributed by atoms with Gasteiger partial charge in [-0.1, -0.05) is 37.3 Å². The van der Waals surface area contributed by atoms with Crippen LogP contribution in [0.4, 0.5) is 14.9 Å². The number of ether oxygens (including phenoxy) is 1. The largest absolute Gasteiger partial charge is 0.444 e. The van der Waals surface area contributed by atoms with E-state index in [9.17, 15) is 14.0 Å². The third-order valence-corrected chi connectivity index (χ3v) is 3.05. The first-order valence-electron chi connectivity index (χ1n) is 6.90. The number of nitrogens with one attached hydrogen (secondary N) is 1. The Bertz CT molecular complexity index is 671. The molecule has 0 heterocycles. The minimum absolute atomic E-state index is 0.0386. The highest BCUT2D eigenvalue weighted by Gasteiger charge is 2.12. The summed E-state index contributed by atoms with van der Waals surface area (Å²) in [6, 6.07) is 13.1. The number of hydrogen-bond donors (Lipinski definition) is 1. The van der Waals surface area contributed by atoms with Gasteiger partial charge >= 0.3 is 6.09 Å². The average molecular weight is 301 g/mol. The van der Waals surface area contributed by atoms with Gasteiger partial charge in [0, 0.05) is 12.1 Å². The number of hydrogen-bond acceptors (Lipinski definition) is 3. The third kappa shape index (κ3) is 4.15. The van der Waals surface area contributed by atoms with Gasteiger partial charge in [0.15, 0.2) is 5.78 Å². The van der Waals surface area contributed by atoms with Crippen molar-refractivity contribution < 1.29 is 18.7 Å². The Kier molecular flexibility index (Phi) is 5.25. The molecule has 0 radical (unpaired) electrons. The fourth-order valence-corrected chi connectivity index (χ4v) is 1.88. The predicted octanol–water partition coefficient (Wildman–Crippen LogP) is 4.17. The number of carbonyl (C=O) groups excluding carboxylic acids is 2. The summed E-state index contributed by atoms with van der Waals surface area (Å²) in [6.45, 7) is 1.78. The normalized spacial score (nSPS) is 10.1. The zero-order chi connectivity index (χ0) is 15.9. The first-order valence-corrected chi connectivity index (χ1v) is 6.90. The van der Waals surface area contributed by atoms with E-state index in [0.717, 1.165) is 11.6 Å². The number of anilines is 1. The summed E-state index contributed by atoms with van der Waals surface area (Å²) in [5.41, 5.74) is 1.14. The van der Waals surface area contributed by atoms with Gasteiger partial charge in [-0.15, -0.1) is 0 Å². The van der Waals surface area contributed by atoms with Crippen LogP contribution in [0.25, 0.3) is 0 Å². The molecule has 1 N–H and O–H groups in total. The lowest BCUT2D eigenvalue weighted by molar-refractivity contribution is 0.0984. The Hall–Kier alpha value is -2.69. The number of benzene rings is 2. The molecule has 0 aliphatic carbocycles. The van der Waals surface area contributed by atoms with E-state index >= 15 is 0 Å². The standard InChI is InChI=1S/C17H16FNO3/c1-2-16(20)14-10-13(8-9-15(14)18)19-17(21)22-11-12-6-4-3-5-7-12/h3-10H,2,11H2,1H3,(H,19,21). The maximum Gasteiger partial charge on any atom is 0.411 e. The van der Waals surface area contributed by atoms with Crippen LogP contribution in [0, 0.1) is 5.82 Å². The highest BCUT2D eigenvalue weighted by molar-refractivity contribution is 5.97. The van der Waals surface area contributed by atoms with Crippen LogP contribution in [-0.2, 0) is 11.3 Å². The first-order chi connectivity index (χ1) is 10.6. The maximum absolute atomic E-state index is 13.5. The zero-order valence-electron chi connectivity index (χ0n) is 12.1. The van der Waals surface area contributed by atoms with Gasteiger partial charge in [-0.05, 0) is 23.8 Å². The summed E-state index contributed by atoms with van der Waals surface area (Å²) in [6.07, 6.45) is -0.468. The molecule has 0 aromatic heterocycles. The van der Waals surface area contributed by atoms with Gasteiger partial charge in [-0.2, -0.15) is 0 Å². The summed E-state index contributed by atoms with van der Waals surface area (Å²) < 4.78 is 18.6. The van der Waals surface area contributed by atoms with Crippen LogP contribution in [0.3, 0.4) is 0 Å². The van der Waals surface area contributed by atoms with Crippen LogP contribution in [0.1, 0.15) is 29.3 Å². The van der Waals surface area contributed by atoms with Crippen LogP contribution >= 0.6 is 0 Å². The molecule has 114 valence electrons. The van der Waals surface area contributed by atoms with Crippen molar-refractivity contribution in [3.8, 4) is 0 Å². The van der Waals surface area contributed by atoms with E-state index in [0.29, 0.717) is 5.69 Å². The summed E-state index contributed by atoms with van der Waals surface area (Å²) in [5, 5.41) is 2.48. The topological polar surface area (TPSA) is 55.4 Å². The molecule has 0 unspecified atom stereocenters. The number of halogens is 1. The van der Waals surface area contributed by atoms with Crippen LogP contribution in [0.2, 0.25) is 0 Å². The monoisotopic (exact) mass is 301 g/mol. The van der Waals surface area contributed by atoms with E-state index in [1.165, 1.54) is 12.1 Å². The van der Waals surface area contributed by atoms with E-state index in [-0.39, 0.29) is 24.4 Å². The summed E-state index contributed by atoms with van der Waals surface area (Å²) in [7, 11) is 0. The van der Waals surface area contributed by atoms with E-state index in [1.807, 2.05) is 30.3 Å². The summed E-state index contributed by atoms with van der Waals surface area (Å²) >= 11 is 0. The molecule has 4 nitrogen and oxygen atoms in total. The molecule has 0 aliphatic heterocycles. The predicted molar refractivity (Wildman–Crippen MR) is 81.3 cm³/mol. The fraction of sp³-hybridized carbons (Fsp3) is 0.176. The van der Waals surface area contributed by atoms with E-state index in [1.54, 1.807) is 6.92 Å². The zero-order valence-corrected chi connectivity index (χ0v) is 12.1. The van der Waals surface area contributed by atoms with Crippen LogP contribution in [0.5, 0.6) is 0 Å². The molecule has 0 fully saturated rings. The molecule has 0 atom stereocenters. The van der Waals surface area contributed by atoms with Crippen molar-refractivity contribution in [2.24, 2.45) is 0 Å². The lowest BCUT2D eigenvalue weighted by atomic mass is 10.1. The lowest BCUT2D eigenvalue weighted by Gasteiger charge is -2.08. The SMILES string of the molecule is CCC(=O)c1cc(NC(=O)OCc2ccccc2)ccc1F. The highest BCUT2D eigenvalue weighted by Crippen LogP contribution is 2.17. The quantitative estimate of drug-likeness (QED) is 0.843. The molecule has 22 heavy (non-hydrogen) atoms. The molecule has 0 bridgehead atoms. The Morgan fingerprint density at radius 3 is 2.55 bits per heavy atom. The molecule has 2 aromatic carbocycles. The molecule has 2 rings (SSSR count). The lowest BCUT2D eigenvalue weighted by Crippen LogP contribution is -2.14. The second kappa shape index (κ2) is 7.36. The van der Waals surface area contributed by atoms with Gasteiger partial charge in [0.25, 0.3) is 0 Å². The second-order valence-electron chi connectivity index (χ2n) is 4.66. The molecule has 1 amide bonds. The number of ketones is 1. The third-order valence-electron chi connectivity index (χ3n) is 3.05. The molecular formula is C17H16FNO3. The molecule has 0 spiro atoms. The number of rotatable bonds is 5. The van der Waals surface area contributed by atoms with Crippen LogP contribution < -0.4 is 5.32 Å². The Morgan fingerprint density at radius 1 is 1.14 bits per heavy atom. The summed E-state index contributed by atoms with van der Waals surface area (Å²) in [5.74, 6) is -0.922. The Labute approximate surface area is 127 Å². The van der Waals surface area contributed by atoms with Gasteiger partial charge in [-0.3, -0.25) is 10.1 Å². The van der Waals surface area contributed by atoms with E-state index in [2.05, 4.69) is 5.32 Å². The van der Waals surface area contributed by atoms with Gasteiger partial charge in [0.05, 0.1) is 5.56 Å². The second-order valence-corrected chi connectivity index (χ2v) is 4.66. The van der Waals surface area contributed by atoms with Crippen molar-refractivity contribution in [2.45, 2.75) is 20.0 Å². The van der Waals surface area contributed by atoms with Crippen molar-refractivity contribution in [1.29, 1.82) is 0 Å². The smallest absolute Gasteiger partial charge is 0.411 e. The van der Waals surface area contributed by atoms with Crippen LogP contribution in [0.15, 0.2) is 48.5 Å². The highest BCUT2D eigenvalue weighted by atomic mass is 19.1. The summed E-state index contributed by atoms with van der Waals surface area (Å²) in [4.78, 5) is 23.3. The Morgan fingerprint density at radius 2 is 1.86 bits per heavy atom. The van der Waals surface area contributed by atoms with Crippen molar-refractivity contribution >= 4 is 17.6 Å². The van der Waals surface area contributed by atoms with Crippen molar-refractivity contribution in [1.82, 2.24) is 0 Å². The number of Topliss-reactive ketones (excluding diaryl/α,β-unsaturated/α-hetero) is 1. The average Bonchev–Trinajstić information content (AvgIpc) is 2.55. The van der Waals surface area contributed by atoms with E-state index in [4.69, 9.17) is 4.74 Å². The van der Waals surface area contributed by atoms with E-state index < -0.39 is 11.9 Å². The van der Waals surface area contributed by atoms with Gasteiger partial charge in [0.2, 0.25) is 0 Å². The fourth-order valence-electron chi connectivity index (χ4n) is 1.88. The minimum Gasteiger partial charge on any atom is -0.444 e. The van der Waals surface area contributed by atoms with Crippen molar-refractivity contribution in [3.05, 3.63) is 65.5 Å². The Balaban J connectivity index is 1.98. The maximum atomic E-state index is 13.5. The van der Waals surface area contributed by atoms with Crippen molar-refractivity contribution in [3.63, 3.8) is 0 Å². The van der Waals surface area contributed by atoms with Gasteiger partial charge < -0.3 is 4.74 Å². The minimum atomic E-state index is -0.662. The molecule has 0 aliphatic rings. The molecular weight excluding hydrogens is 285 g/mol. The molecule has 0 saturated carbocycles.